The van der Waals surface area contributed by atoms with Crippen LogP contribution in [0.5, 0.6) is 0 Å². The fourth-order valence-corrected chi connectivity index (χ4v) is 2.53. The first kappa shape index (κ1) is 10.2. The van der Waals surface area contributed by atoms with Gasteiger partial charge in [-0.25, -0.2) is 0 Å². The third-order valence-electron chi connectivity index (χ3n) is 3.46. The summed E-state index contributed by atoms with van der Waals surface area (Å²) in [5.41, 5.74) is 0. The van der Waals surface area contributed by atoms with E-state index in [1.54, 1.807) is 0 Å². The van der Waals surface area contributed by atoms with Gasteiger partial charge in [0, 0.05) is 6.61 Å². The summed E-state index contributed by atoms with van der Waals surface area (Å²) < 4.78 is 5.68. The lowest BCUT2D eigenvalue weighted by Gasteiger charge is -2.22. The van der Waals surface area contributed by atoms with Crippen LogP contribution in [0.3, 0.4) is 0 Å². The Labute approximate surface area is 87.5 Å². The second-order valence-electron chi connectivity index (χ2n) is 4.69. The minimum atomic E-state index is 0.436. The molecule has 1 heteroatoms. The summed E-state index contributed by atoms with van der Waals surface area (Å²) in [5, 5.41) is 0. The van der Waals surface area contributed by atoms with E-state index in [-0.39, 0.29) is 0 Å². The van der Waals surface area contributed by atoms with Crippen LogP contribution < -0.4 is 0 Å². The van der Waals surface area contributed by atoms with Crippen molar-refractivity contribution in [3.05, 3.63) is 12.2 Å². The van der Waals surface area contributed by atoms with E-state index < -0.39 is 0 Å². The molecule has 0 aromatic rings. The van der Waals surface area contributed by atoms with Crippen LogP contribution in [0.1, 0.15) is 51.4 Å². The van der Waals surface area contributed by atoms with Gasteiger partial charge in [-0.1, -0.05) is 31.4 Å². The Balaban J connectivity index is 1.73. The molecular formula is C13H22O. The van der Waals surface area contributed by atoms with Gasteiger partial charge in [-0.2, -0.15) is 0 Å². The van der Waals surface area contributed by atoms with Crippen molar-refractivity contribution in [2.24, 2.45) is 5.92 Å². The molecule has 0 bridgehead atoms. The van der Waals surface area contributed by atoms with Gasteiger partial charge < -0.3 is 4.74 Å². The average molecular weight is 194 g/mol. The second kappa shape index (κ2) is 5.55. The van der Waals surface area contributed by atoms with E-state index in [0.717, 1.165) is 12.5 Å². The minimum Gasteiger partial charge on any atom is -0.374 e. The smallest absolute Gasteiger partial charge is 0.0755 e. The van der Waals surface area contributed by atoms with Crippen LogP contribution in [0.4, 0.5) is 0 Å². The van der Waals surface area contributed by atoms with E-state index in [9.17, 15) is 0 Å². The van der Waals surface area contributed by atoms with Crippen molar-refractivity contribution >= 4 is 0 Å². The second-order valence-corrected chi connectivity index (χ2v) is 4.69. The number of hydrogen-bond acceptors (Lipinski definition) is 1. The molecule has 1 aliphatic heterocycles. The molecule has 2 rings (SSSR count). The monoisotopic (exact) mass is 194 g/mol. The normalized spacial score (nSPS) is 31.0. The molecular weight excluding hydrogens is 172 g/mol. The maximum absolute atomic E-state index is 5.68. The van der Waals surface area contributed by atoms with Gasteiger partial charge in [-0.3, -0.25) is 0 Å². The topological polar surface area (TPSA) is 9.23 Å². The fourth-order valence-electron chi connectivity index (χ4n) is 2.53. The number of hydrogen-bond donors (Lipinski definition) is 0. The Morgan fingerprint density at radius 2 is 1.57 bits per heavy atom. The summed E-state index contributed by atoms with van der Waals surface area (Å²) in [6.45, 7) is 0.972. The summed E-state index contributed by atoms with van der Waals surface area (Å²) >= 11 is 0. The molecule has 0 aromatic heterocycles. The van der Waals surface area contributed by atoms with Crippen LogP contribution in [0.15, 0.2) is 12.2 Å². The maximum Gasteiger partial charge on any atom is 0.0755 e. The van der Waals surface area contributed by atoms with Crippen LogP contribution in [0, 0.1) is 5.92 Å². The number of rotatable bonds is 2. The molecule has 1 saturated heterocycles. The van der Waals surface area contributed by atoms with E-state index in [1.165, 1.54) is 51.4 Å². The van der Waals surface area contributed by atoms with Crippen LogP contribution in [-0.4, -0.2) is 12.7 Å². The lowest BCUT2D eigenvalue weighted by molar-refractivity contribution is 0.0462. The standard InChI is InChI=1S/C13H22O/c1-2-6-12(7-3-1)9-10-13-8-4-5-11-14-13/h9-10,12-13H,1-8,11H2/b10-9+. The first-order valence-corrected chi connectivity index (χ1v) is 6.25. The fraction of sp³-hybridized carbons (Fsp3) is 0.846. The van der Waals surface area contributed by atoms with Crippen molar-refractivity contribution in [2.75, 3.05) is 6.61 Å². The van der Waals surface area contributed by atoms with Gasteiger partial charge in [0.05, 0.1) is 6.10 Å². The van der Waals surface area contributed by atoms with Crippen molar-refractivity contribution in [3.63, 3.8) is 0 Å². The Morgan fingerprint density at radius 1 is 0.786 bits per heavy atom. The van der Waals surface area contributed by atoms with Gasteiger partial charge in [0.15, 0.2) is 0 Å². The van der Waals surface area contributed by atoms with E-state index in [2.05, 4.69) is 12.2 Å². The van der Waals surface area contributed by atoms with Crippen molar-refractivity contribution in [3.8, 4) is 0 Å². The largest absolute Gasteiger partial charge is 0.374 e. The quantitative estimate of drug-likeness (QED) is 0.609. The molecule has 2 fully saturated rings. The molecule has 80 valence electrons. The molecule has 0 aromatic carbocycles. The lowest BCUT2D eigenvalue weighted by atomic mass is 9.88. The molecule has 0 N–H and O–H groups in total. The molecule has 14 heavy (non-hydrogen) atoms. The van der Waals surface area contributed by atoms with Gasteiger partial charge >= 0.3 is 0 Å². The molecule has 1 heterocycles. The predicted molar refractivity (Wildman–Crippen MR) is 59.3 cm³/mol. The zero-order valence-electron chi connectivity index (χ0n) is 9.08. The van der Waals surface area contributed by atoms with Gasteiger partial charge in [0.2, 0.25) is 0 Å². The number of ether oxygens (including phenoxy) is 1. The highest BCUT2D eigenvalue weighted by Crippen LogP contribution is 2.25. The molecule has 1 nitrogen and oxygen atoms in total. The van der Waals surface area contributed by atoms with E-state index in [0.29, 0.717) is 6.10 Å². The van der Waals surface area contributed by atoms with Crippen molar-refractivity contribution in [1.29, 1.82) is 0 Å². The SMILES string of the molecule is C(=C\C1CCCCO1)/C1CCCCC1. The van der Waals surface area contributed by atoms with Gasteiger partial charge in [-0.05, 0) is 38.0 Å². The third-order valence-corrected chi connectivity index (χ3v) is 3.46. The first-order valence-electron chi connectivity index (χ1n) is 6.25. The minimum absolute atomic E-state index is 0.436. The van der Waals surface area contributed by atoms with E-state index >= 15 is 0 Å². The highest BCUT2D eigenvalue weighted by atomic mass is 16.5. The Kier molecular flexibility index (Phi) is 4.05. The molecule has 1 unspecified atom stereocenters. The summed E-state index contributed by atoms with van der Waals surface area (Å²) in [6, 6.07) is 0. The van der Waals surface area contributed by atoms with Gasteiger partial charge in [0.25, 0.3) is 0 Å². The predicted octanol–water partition coefficient (Wildman–Crippen LogP) is 3.69. The van der Waals surface area contributed by atoms with Crippen LogP contribution in [-0.2, 0) is 4.74 Å². The third kappa shape index (κ3) is 3.13. The van der Waals surface area contributed by atoms with Crippen molar-refractivity contribution < 1.29 is 4.74 Å². The Morgan fingerprint density at radius 3 is 2.29 bits per heavy atom. The lowest BCUT2D eigenvalue weighted by Crippen LogP contribution is -2.16. The number of allylic oxidation sites excluding steroid dienone is 1. The molecule has 0 radical (unpaired) electrons. The van der Waals surface area contributed by atoms with Gasteiger partial charge in [-0.15, -0.1) is 0 Å². The molecule has 1 aliphatic carbocycles. The van der Waals surface area contributed by atoms with Crippen molar-refractivity contribution in [2.45, 2.75) is 57.5 Å². The highest BCUT2D eigenvalue weighted by Gasteiger charge is 2.13. The molecule has 0 spiro atoms. The Bertz CT molecular complexity index is 154. The first-order chi connectivity index (χ1) is 6.95. The molecule has 1 atom stereocenters. The maximum atomic E-state index is 5.68. The summed E-state index contributed by atoms with van der Waals surface area (Å²) in [6.07, 6.45) is 16.2. The summed E-state index contributed by atoms with van der Waals surface area (Å²) in [7, 11) is 0. The van der Waals surface area contributed by atoms with Crippen LogP contribution >= 0.6 is 0 Å². The molecule has 2 aliphatic rings. The van der Waals surface area contributed by atoms with E-state index in [1.807, 2.05) is 0 Å². The average Bonchev–Trinajstić information content (AvgIpc) is 2.29. The zero-order valence-corrected chi connectivity index (χ0v) is 9.08. The van der Waals surface area contributed by atoms with Crippen LogP contribution in [0.25, 0.3) is 0 Å². The molecule has 1 saturated carbocycles. The Hall–Kier alpha value is -0.300. The van der Waals surface area contributed by atoms with E-state index in [4.69, 9.17) is 4.74 Å². The summed E-state index contributed by atoms with van der Waals surface area (Å²) in [5.74, 6) is 0.856. The molecule has 0 amide bonds. The zero-order chi connectivity index (χ0) is 9.64. The van der Waals surface area contributed by atoms with Crippen molar-refractivity contribution in [1.82, 2.24) is 0 Å². The van der Waals surface area contributed by atoms with Crippen LogP contribution in [0.2, 0.25) is 0 Å². The van der Waals surface area contributed by atoms with Gasteiger partial charge in [0.1, 0.15) is 0 Å². The highest BCUT2D eigenvalue weighted by molar-refractivity contribution is 4.95. The summed E-state index contributed by atoms with van der Waals surface area (Å²) in [4.78, 5) is 0.